The molecule has 3 nitrogen and oxygen atoms in total. The van der Waals surface area contributed by atoms with Gasteiger partial charge in [-0.05, 0) is 38.4 Å². The second kappa shape index (κ2) is 8.41. The van der Waals surface area contributed by atoms with Crippen molar-refractivity contribution in [3.05, 3.63) is 0 Å². The molecule has 0 saturated carbocycles. The van der Waals surface area contributed by atoms with Crippen LogP contribution in [0.15, 0.2) is 0 Å². The van der Waals surface area contributed by atoms with Crippen LogP contribution in [-0.4, -0.2) is 62.8 Å². The molecule has 0 aromatic carbocycles. The molecule has 0 amide bonds. The fourth-order valence-corrected chi connectivity index (χ4v) is 2.94. The van der Waals surface area contributed by atoms with E-state index < -0.39 is 0 Å². The van der Waals surface area contributed by atoms with E-state index in [1.165, 1.54) is 25.1 Å². The second-order valence-corrected chi connectivity index (χ2v) is 6.91. The maximum atomic E-state index is 5.65. The molecule has 0 radical (unpaired) electrons. The summed E-state index contributed by atoms with van der Waals surface area (Å²) >= 11 is 1.94. The number of hydrogen-bond acceptors (Lipinski definition) is 4. The molecule has 18 heavy (non-hydrogen) atoms. The first kappa shape index (κ1) is 16.3. The molecule has 1 atom stereocenters. The quantitative estimate of drug-likeness (QED) is 0.651. The van der Waals surface area contributed by atoms with E-state index in [2.05, 4.69) is 37.4 Å². The molecule has 0 bridgehead atoms. The van der Waals surface area contributed by atoms with Crippen molar-refractivity contribution in [2.75, 3.05) is 51.9 Å². The van der Waals surface area contributed by atoms with Crippen molar-refractivity contribution in [2.24, 2.45) is 5.41 Å². The summed E-state index contributed by atoms with van der Waals surface area (Å²) in [4.78, 5) is 2.48. The lowest BCUT2D eigenvalue weighted by Gasteiger charge is -2.33. The van der Waals surface area contributed by atoms with Crippen LogP contribution in [0.25, 0.3) is 0 Å². The zero-order chi connectivity index (χ0) is 13.4. The van der Waals surface area contributed by atoms with Gasteiger partial charge in [0.2, 0.25) is 0 Å². The Morgan fingerprint density at radius 2 is 2.22 bits per heavy atom. The zero-order valence-corrected chi connectivity index (χ0v) is 13.3. The van der Waals surface area contributed by atoms with E-state index in [1.54, 1.807) is 0 Å². The van der Waals surface area contributed by atoms with Crippen LogP contribution >= 0.6 is 11.8 Å². The van der Waals surface area contributed by atoms with Crippen LogP contribution < -0.4 is 5.32 Å². The first-order valence-corrected chi connectivity index (χ1v) is 8.46. The van der Waals surface area contributed by atoms with E-state index in [-0.39, 0.29) is 0 Å². The molecule has 1 saturated heterocycles. The molecule has 0 aromatic rings. The van der Waals surface area contributed by atoms with Gasteiger partial charge in [-0.25, -0.2) is 0 Å². The monoisotopic (exact) mass is 274 g/mol. The van der Waals surface area contributed by atoms with Crippen molar-refractivity contribution >= 4 is 11.8 Å². The van der Waals surface area contributed by atoms with Gasteiger partial charge in [-0.3, -0.25) is 0 Å². The van der Waals surface area contributed by atoms with Gasteiger partial charge in [0, 0.05) is 31.2 Å². The number of nitrogens with one attached hydrogen (secondary N) is 1. The fourth-order valence-electron chi connectivity index (χ4n) is 2.52. The predicted molar refractivity (Wildman–Crippen MR) is 81.5 cm³/mol. The highest BCUT2D eigenvalue weighted by atomic mass is 32.2. The summed E-state index contributed by atoms with van der Waals surface area (Å²) in [6.07, 6.45) is 4.66. The Hall–Kier alpha value is 0.230. The van der Waals surface area contributed by atoms with Gasteiger partial charge in [-0.2, -0.15) is 11.8 Å². The molecule has 1 fully saturated rings. The SMILES string of the molecule is CSCCCN(C)CC1(CNC(C)C)CCOC1. The third-order valence-electron chi connectivity index (χ3n) is 3.56. The van der Waals surface area contributed by atoms with E-state index in [0.717, 1.165) is 26.3 Å². The lowest BCUT2D eigenvalue weighted by molar-refractivity contribution is 0.117. The van der Waals surface area contributed by atoms with Crippen LogP contribution in [0.1, 0.15) is 26.7 Å². The van der Waals surface area contributed by atoms with Crippen LogP contribution in [0.3, 0.4) is 0 Å². The first-order chi connectivity index (χ1) is 8.58. The Bertz CT molecular complexity index is 218. The average Bonchev–Trinajstić information content (AvgIpc) is 2.76. The highest BCUT2D eigenvalue weighted by Gasteiger charge is 2.35. The zero-order valence-electron chi connectivity index (χ0n) is 12.5. The Morgan fingerprint density at radius 3 is 2.78 bits per heavy atom. The summed E-state index contributed by atoms with van der Waals surface area (Å²) in [7, 11) is 2.25. The molecule has 1 N–H and O–H groups in total. The summed E-state index contributed by atoms with van der Waals surface area (Å²) in [6.45, 7) is 9.71. The highest BCUT2D eigenvalue weighted by Crippen LogP contribution is 2.29. The number of thioether (sulfide) groups is 1. The van der Waals surface area contributed by atoms with Crippen LogP contribution in [0.2, 0.25) is 0 Å². The first-order valence-electron chi connectivity index (χ1n) is 7.07. The van der Waals surface area contributed by atoms with E-state index in [1.807, 2.05) is 11.8 Å². The largest absolute Gasteiger partial charge is 0.381 e. The van der Waals surface area contributed by atoms with Gasteiger partial charge in [0.25, 0.3) is 0 Å². The number of nitrogens with zero attached hydrogens (tertiary/aromatic N) is 1. The summed E-state index contributed by atoms with van der Waals surface area (Å²) < 4.78 is 5.65. The molecule has 1 unspecified atom stereocenters. The molecular weight excluding hydrogens is 244 g/mol. The lowest BCUT2D eigenvalue weighted by atomic mass is 9.86. The highest BCUT2D eigenvalue weighted by molar-refractivity contribution is 7.98. The molecule has 1 aliphatic heterocycles. The molecular formula is C14H30N2OS. The van der Waals surface area contributed by atoms with E-state index in [0.29, 0.717) is 11.5 Å². The average molecular weight is 274 g/mol. The lowest BCUT2D eigenvalue weighted by Crippen LogP contribution is -2.45. The van der Waals surface area contributed by atoms with Gasteiger partial charge in [-0.1, -0.05) is 13.8 Å². The van der Waals surface area contributed by atoms with Gasteiger partial charge in [0.15, 0.2) is 0 Å². The molecule has 1 heterocycles. The summed E-state index contributed by atoms with van der Waals surface area (Å²) in [6, 6.07) is 0.560. The molecule has 108 valence electrons. The smallest absolute Gasteiger partial charge is 0.0547 e. The van der Waals surface area contributed by atoms with Crippen molar-refractivity contribution < 1.29 is 4.74 Å². The Balaban J connectivity index is 2.36. The molecule has 4 heteroatoms. The number of hydrogen-bond donors (Lipinski definition) is 1. The Labute approximate surface area is 117 Å². The van der Waals surface area contributed by atoms with Crippen LogP contribution in [0, 0.1) is 5.41 Å². The normalized spacial score (nSPS) is 24.3. The molecule has 0 aromatic heterocycles. The van der Waals surface area contributed by atoms with E-state index in [9.17, 15) is 0 Å². The molecule has 1 rings (SSSR count). The maximum Gasteiger partial charge on any atom is 0.0547 e. The second-order valence-electron chi connectivity index (χ2n) is 5.92. The summed E-state index contributed by atoms with van der Waals surface area (Å²) in [5.41, 5.74) is 0.332. The summed E-state index contributed by atoms with van der Waals surface area (Å²) in [5, 5.41) is 3.59. The van der Waals surface area contributed by atoms with Crippen LogP contribution in [0.4, 0.5) is 0 Å². The van der Waals surface area contributed by atoms with E-state index in [4.69, 9.17) is 4.74 Å². The summed E-state index contributed by atoms with van der Waals surface area (Å²) in [5.74, 6) is 1.26. The number of ether oxygens (including phenoxy) is 1. The third kappa shape index (κ3) is 5.91. The van der Waals surface area contributed by atoms with Gasteiger partial charge >= 0.3 is 0 Å². The Kier molecular flexibility index (Phi) is 7.61. The van der Waals surface area contributed by atoms with Crippen LogP contribution in [0.5, 0.6) is 0 Å². The molecule has 0 aliphatic carbocycles. The van der Waals surface area contributed by atoms with Crippen molar-refractivity contribution in [3.63, 3.8) is 0 Å². The van der Waals surface area contributed by atoms with Crippen molar-refractivity contribution in [1.29, 1.82) is 0 Å². The van der Waals surface area contributed by atoms with Crippen molar-refractivity contribution in [2.45, 2.75) is 32.7 Å². The minimum atomic E-state index is 0.332. The fraction of sp³-hybridized carbons (Fsp3) is 1.00. The minimum absolute atomic E-state index is 0.332. The third-order valence-corrected chi connectivity index (χ3v) is 4.26. The minimum Gasteiger partial charge on any atom is -0.381 e. The topological polar surface area (TPSA) is 24.5 Å². The standard InChI is InChI=1S/C14H30N2OS/c1-13(2)15-10-14(6-8-17-12-14)11-16(3)7-5-9-18-4/h13,15H,5-12H2,1-4H3. The maximum absolute atomic E-state index is 5.65. The van der Waals surface area contributed by atoms with Gasteiger partial charge in [-0.15, -0.1) is 0 Å². The molecule has 1 aliphatic rings. The van der Waals surface area contributed by atoms with Gasteiger partial charge < -0.3 is 15.0 Å². The van der Waals surface area contributed by atoms with Gasteiger partial charge in [0.05, 0.1) is 6.61 Å². The predicted octanol–water partition coefficient (Wildman–Crippen LogP) is 2.08. The van der Waals surface area contributed by atoms with Gasteiger partial charge in [0.1, 0.15) is 0 Å². The Morgan fingerprint density at radius 1 is 1.44 bits per heavy atom. The van der Waals surface area contributed by atoms with Crippen molar-refractivity contribution in [3.8, 4) is 0 Å². The molecule has 0 spiro atoms. The van der Waals surface area contributed by atoms with Crippen molar-refractivity contribution in [1.82, 2.24) is 10.2 Å². The van der Waals surface area contributed by atoms with E-state index >= 15 is 0 Å². The van der Waals surface area contributed by atoms with Crippen LogP contribution in [-0.2, 0) is 4.74 Å². The number of rotatable bonds is 9.